The zero-order chi connectivity index (χ0) is 18.5. The van der Waals surface area contributed by atoms with Crippen LogP contribution in [0.2, 0.25) is 0 Å². The van der Waals surface area contributed by atoms with Crippen molar-refractivity contribution in [2.75, 3.05) is 6.54 Å². The highest BCUT2D eigenvalue weighted by atomic mass is 16.2. The minimum Gasteiger partial charge on any atom is -0.350 e. The standard InChI is InChI=1S/C21H30N4O/c1-16-12-18(3)25(23-16)15-21(26)22-13-19-9-4-5-10-20(19)14-24-11-7-6-8-17(24)2/h4-5,9-10,12,17H,6-8,11,13-15H2,1-3H3,(H,22,26)/t17-/m1/s1. The van der Waals surface area contributed by atoms with E-state index >= 15 is 0 Å². The lowest BCUT2D eigenvalue weighted by Gasteiger charge is -2.33. The molecule has 1 atom stereocenters. The molecule has 0 spiro atoms. The van der Waals surface area contributed by atoms with Crippen LogP contribution in [-0.4, -0.2) is 33.2 Å². The predicted molar refractivity (Wildman–Crippen MR) is 104 cm³/mol. The normalized spacial score (nSPS) is 18.0. The first-order chi connectivity index (χ1) is 12.5. The zero-order valence-corrected chi connectivity index (χ0v) is 16.2. The van der Waals surface area contributed by atoms with Gasteiger partial charge in [-0.15, -0.1) is 0 Å². The zero-order valence-electron chi connectivity index (χ0n) is 16.2. The molecule has 5 heteroatoms. The molecule has 1 aromatic carbocycles. The highest BCUT2D eigenvalue weighted by Gasteiger charge is 2.19. The van der Waals surface area contributed by atoms with E-state index in [0.717, 1.165) is 17.9 Å². The highest BCUT2D eigenvalue weighted by Crippen LogP contribution is 2.20. The van der Waals surface area contributed by atoms with Crippen molar-refractivity contribution in [3.8, 4) is 0 Å². The van der Waals surface area contributed by atoms with E-state index < -0.39 is 0 Å². The van der Waals surface area contributed by atoms with Gasteiger partial charge in [0.15, 0.2) is 0 Å². The van der Waals surface area contributed by atoms with Crippen molar-refractivity contribution in [3.63, 3.8) is 0 Å². The van der Waals surface area contributed by atoms with Crippen molar-refractivity contribution in [2.24, 2.45) is 0 Å². The maximum Gasteiger partial charge on any atom is 0.242 e. The number of carbonyl (C=O) groups is 1. The van der Waals surface area contributed by atoms with Gasteiger partial charge in [-0.25, -0.2) is 0 Å². The predicted octanol–water partition coefficient (Wildman–Crippen LogP) is 3.19. The molecule has 2 aromatic rings. The van der Waals surface area contributed by atoms with E-state index in [-0.39, 0.29) is 12.5 Å². The number of likely N-dealkylation sites (tertiary alicyclic amines) is 1. The van der Waals surface area contributed by atoms with Crippen molar-refractivity contribution < 1.29 is 4.79 Å². The smallest absolute Gasteiger partial charge is 0.242 e. The Hall–Kier alpha value is -2.14. The monoisotopic (exact) mass is 354 g/mol. The Labute approximate surface area is 156 Å². The summed E-state index contributed by atoms with van der Waals surface area (Å²) in [5.41, 5.74) is 4.47. The highest BCUT2D eigenvalue weighted by molar-refractivity contribution is 5.75. The molecule has 0 unspecified atom stereocenters. The first kappa shape index (κ1) is 18.6. The number of nitrogens with zero attached hydrogens (tertiary/aromatic N) is 3. The van der Waals surface area contributed by atoms with E-state index in [1.54, 1.807) is 4.68 Å². The summed E-state index contributed by atoms with van der Waals surface area (Å²) < 4.78 is 1.76. The summed E-state index contributed by atoms with van der Waals surface area (Å²) in [6.45, 7) is 9.20. The summed E-state index contributed by atoms with van der Waals surface area (Å²) in [7, 11) is 0. The van der Waals surface area contributed by atoms with Crippen LogP contribution in [0.25, 0.3) is 0 Å². The second kappa shape index (κ2) is 8.49. The van der Waals surface area contributed by atoms with Crippen LogP contribution >= 0.6 is 0 Å². The van der Waals surface area contributed by atoms with Crippen LogP contribution in [0.4, 0.5) is 0 Å². The third-order valence-corrected chi connectivity index (χ3v) is 5.31. The Morgan fingerprint density at radius 1 is 1.23 bits per heavy atom. The van der Waals surface area contributed by atoms with Crippen molar-refractivity contribution in [3.05, 3.63) is 52.8 Å². The van der Waals surface area contributed by atoms with Gasteiger partial charge in [-0.2, -0.15) is 5.10 Å². The number of hydrogen-bond donors (Lipinski definition) is 1. The Kier molecular flexibility index (Phi) is 6.09. The summed E-state index contributed by atoms with van der Waals surface area (Å²) >= 11 is 0. The average molecular weight is 354 g/mol. The number of amides is 1. The summed E-state index contributed by atoms with van der Waals surface area (Å²) in [6, 6.07) is 11.1. The molecule has 3 rings (SSSR count). The molecule has 1 aromatic heterocycles. The fraction of sp³-hybridized carbons (Fsp3) is 0.524. The van der Waals surface area contributed by atoms with Crippen molar-refractivity contribution in [2.45, 2.75) is 65.7 Å². The number of carbonyl (C=O) groups excluding carboxylic acids is 1. The molecule has 0 radical (unpaired) electrons. The molecule has 1 saturated heterocycles. The van der Waals surface area contributed by atoms with Crippen LogP contribution in [-0.2, 0) is 24.4 Å². The fourth-order valence-corrected chi connectivity index (χ4v) is 3.72. The minimum absolute atomic E-state index is 0.00246. The molecule has 5 nitrogen and oxygen atoms in total. The lowest BCUT2D eigenvalue weighted by molar-refractivity contribution is -0.122. The van der Waals surface area contributed by atoms with Gasteiger partial charge in [0.1, 0.15) is 6.54 Å². The molecule has 2 heterocycles. The van der Waals surface area contributed by atoms with Crippen LogP contribution < -0.4 is 5.32 Å². The summed E-state index contributed by atoms with van der Waals surface area (Å²) in [5, 5.41) is 7.41. The third kappa shape index (κ3) is 4.73. The van der Waals surface area contributed by atoms with Gasteiger partial charge in [0.05, 0.1) is 5.69 Å². The largest absolute Gasteiger partial charge is 0.350 e. The van der Waals surface area contributed by atoms with Crippen LogP contribution in [0, 0.1) is 13.8 Å². The van der Waals surface area contributed by atoms with Crippen LogP contribution in [0.3, 0.4) is 0 Å². The summed E-state index contributed by atoms with van der Waals surface area (Å²) in [4.78, 5) is 14.9. The Morgan fingerprint density at radius 2 is 2.00 bits per heavy atom. The molecule has 0 aliphatic carbocycles. The molecular weight excluding hydrogens is 324 g/mol. The van der Waals surface area contributed by atoms with Crippen molar-refractivity contribution in [1.82, 2.24) is 20.0 Å². The molecule has 1 fully saturated rings. The van der Waals surface area contributed by atoms with Gasteiger partial charge in [0.25, 0.3) is 0 Å². The number of rotatable bonds is 6. The number of aromatic nitrogens is 2. The Morgan fingerprint density at radius 3 is 2.69 bits per heavy atom. The quantitative estimate of drug-likeness (QED) is 0.867. The molecule has 1 N–H and O–H groups in total. The molecule has 1 aliphatic heterocycles. The molecule has 140 valence electrons. The van der Waals surface area contributed by atoms with Crippen LogP contribution in [0.5, 0.6) is 0 Å². The first-order valence-electron chi connectivity index (χ1n) is 9.61. The number of nitrogens with one attached hydrogen (secondary N) is 1. The Bertz CT molecular complexity index is 752. The second-order valence-corrected chi connectivity index (χ2v) is 7.45. The van der Waals surface area contributed by atoms with E-state index in [0.29, 0.717) is 12.6 Å². The molecule has 0 bridgehead atoms. The SMILES string of the molecule is Cc1cc(C)n(CC(=O)NCc2ccccc2CN2CCCC[C@H]2C)n1. The van der Waals surface area contributed by atoms with E-state index in [1.807, 2.05) is 26.0 Å². The van der Waals surface area contributed by atoms with Crippen molar-refractivity contribution in [1.29, 1.82) is 0 Å². The van der Waals surface area contributed by atoms with Gasteiger partial charge in [-0.3, -0.25) is 14.4 Å². The molecule has 1 aliphatic rings. The first-order valence-corrected chi connectivity index (χ1v) is 9.61. The van der Waals surface area contributed by atoms with Crippen molar-refractivity contribution >= 4 is 5.91 Å². The number of hydrogen-bond acceptors (Lipinski definition) is 3. The molecular formula is C21H30N4O. The van der Waals surface area contributed by atoms with Gasteiger partial charge in [-0.1, -0.05) is 30.7 Å². The van der Waals surface area contributed by atoms with Crippen LogP contribution in [0.1, 0.15) is 48.7 Å². The van der Waals surface area contributed by atoms with Gasteiger partial charge >= 0.3 is 0 Å². The lowest BCUT2D eigenvalue weighted by atomic mass is 10.0. The fourth-order valence-electron chi connectivity index (χ4n) is 3.72. The average Bonchev–Trinajstić information content (AvgIpc) is 2.93. The number of piperidine rings is 1. The van der Waals surface area contributed by atoms with Gasteiger partial charge < -0.3 is 5.32 Å². The third-order valence-electron chi connectivity index (χ3n) is 5.31. The maximum atomic E-state index is 12.3. The molecule has 1 amide bonds. The van der Waals surface area contributed by atoms with Gasteiger partial charge in [-0.05, 0) is 57.4 Å². The van der Waals surface area contributed by atoms with E-state index in [1.165, 1.54) is 36.9 Å². The summed E-state index contributed by atoms with van der Waals surface area (Å²) in [5.74, 6) is -0.00246. The van der Waals surface area contributed by atoms with Crippen LogP contribution in [0.15, 0.2) is 30.3 Å². The number of aryl methyl sites for hydroxylation is 2. The second-order valence-electron chi connectivity index (χ2n) is 7.45. The van der Waals surface area contributed by atoms with E-state index in [9.17, 15) is 4.79 Å². The number of benzene rings is 1. The van der Waals surface area contributed by atoms with E-state index in [2.05, 4.69) is 40.4 Å². The molecule has 0 saturated carbocycles. The topological polar surface area (TPSA) is 50.2 Å². The Balaban J connectivity index is 1.59. The molecule has 26 heavy (non-hydrogen) atoms. The van der Waals surface area contributed by atoms with E-state index in [4.69, 9.17) is 0 Å². The minimum atomic E-state index is -0.00246. The lowest BCUT2D eigenvalue weighted by Crippen LogP contribution is -2.37. The van der Waals surface area contributed by atoms with Gasteiger partial charge in [0, 0.05) is 24.8 Å². The van der Waals surface area contributed by atoms with Gasteiger partial charge in [0.2, 0.25) is 5.91 Å². The summed E-state index contributed by atoms with van der Waals surface area (Å²) in [6.07, 6.45) is 3.90. The maximum absolute atomic E-state index is 12.3.